The van der Waals surface area contributed by atoms with Crippen molar-refractivity contribution in [3.63, 3.8) is 0 Å². The molecule has 0 N–H and O–H groups in total. The summed E-state index contributed by atoms with van der Waals surface area (Å²) in [6, 6.07) is 7.07. The molecule has 2 heterocycles. The van der Waals surface area contributed by atoms with E-state index >= 15 is 0 Å². The third-order valence-corrected chi connectivity index (χ3v) is 3.72. The van der Waals surface area contributed by atoms with E-state index in [-0.39, 0.29) is 31.3 Å². The standard InChI is InChI=1S/C17H17ClN4O4/c1-10(2)16-20-14(26-21-16)9-24-15(23)8-7-13-19-17(22-25-13)11-3-5-12(18)6-4-11/h3-6,10H,7-9H2,1-2H3. The molecule has 26 heavy (non-hydrogen) atoms. The number of aromatic nitrogens is 4. The lowest BCUT2D eigenvalue weighted by Gasteiger charge is -1.99. The molecule has 0 aliphatic carbocycles. The van der Waals surface area contributed by atoms with Crippen molar-refractivity contribution in [2.45, 2.75) is 39.2 Å². The van der Waals surface area contributed by atoms with E-state index in [2.05, 4.69) is 20.3 Å². The van der Waals surface area contributed by atoms with Gasteiger partial charge in [-0.3, -0.25) is 4.79 Å². The minimum Gasteiger partial charge on any atom is -0.456 e. The van der Waals surface area contributed by atoms with Crippen molar-refractivity contribution in [3.8, 4) is 11.4 Å². The highest BCUT2D eigenvalue weighted by molar-refractivity contribution is 6.30. The molecule has 3 aromatic rings. The zero-order valence-corrected chi connectivity index (χ0v) is 15.1. The number of carbonyl (C=O) groups excluding carboxylic acids is 1. The quantitative estimate of drug-likeness (QED) is 0.576. The van der Waals surface area contributed by atoms with Gasteiger partial charge in [-0.2, -0.15) is 9.97 Å². The number of benzene rings is 1. The number of esters is 1. The summed E-state index contributed by atoms with van der Waals surface area (Å²) in [4.78, 5) is 20.2. The van der Waals surface area contributed by atoms with Crippen molar-refractivity contribution in [3.05, 3.63) is 46.9 Å². The van der Waals surface area contributed by atoms with Gasteiger partial charge in [0.2, 0.25) is 11.7 Å². The highest BCUT2D eigenvalue weighted by Crippen LogP contribution is 2.19. The van der Waals surface area contributed by atoms with Crippen molar-refractivity contribution >= 4 is 17.6 Å². The monoisotopic (exact) mass is 376 g/mol. The van der Waals surface area contributed by atoms with Gasteiger partial charge in [-0.15, -0.1) is 0 Å². The fraction of sp³-hybridized carbons (Fsp3) is 0.353. The van der Waals surface area contributed by atoms with Gasteiger partial charge in [-0.05, 0) is 24.3 Å². The summed E-state index contributed by atoms with van der Waals surface area (Å²) in [6.45, 7) is 3.84. The lowest BCUT2D eigenvalue weighted by molar-refractivity contribution is -0.145. The molecule has 3 rings (SSSR count). The Kier molecular flexibility index (Phi) is 5.62. The molecule has 0 radical (unpaired) electrons. The first kappa shape index (κ1) is 18.1. The first-order valence-corrected chi connectivity index (χ1v) is 8.45. The number of hydrogen-bond donors (Lipinski definition) is 0. The van der Waals surface area contributed by atoms with Crippen LogP contribution in [0.5, 0.6) is 0 Å². The highest BCUT2D eigenvalue weighted by Gasteiger charge is 2.14. The van der Waals surface area contributed by atoms with Gasteiger partial charge in [0.25, 0.3) is 5.89 Å². The van der Waals surface area contributed by atoms with Gasteiger partial charge < -0.3 is 13.8 Å². The molecule has 1 aromatic carbocycles. The molecule has 0 aliphatic heterocycles. The van der Waals surface area contributed by atoms with Gasteiger partial charge in [0.1, 0.15) is 0 Å². The Morgan fingerprint density at radius 3 is 2.54 bits per heavy atom. The van der Waals surface area contributed by atoms with E-state index in [1.165, 1.54) is 0 Å². The third-order valence-electron chi connectivity index (χ3n) is 3.47. The van der Waals surface area contributed by atoms with Crippen LogP contribution in [0.2, 0.25) is 5.02 Å². The molecule has 2 aromatic heterocycles. The predicted octanol–water partition coefficient (Wildman–Crippen LogP) is 3.57. The van der Waals surface area contributed by atoms with Crippen LogP contribution in [0.25, 0.3) is 11.4 Å². The van der Waals surface area contributed by atoms with Crippen molar-refractivity contribution in [1.82, 2.24) is 20.3 Å². The molecule has 0 atom stereocenters. The highest BCUT2D eigenvalue weighted by atomic mass is 35.5. The number of hydrogen-bond acceptors (Lipinski definition) is 8. The van der Waals surface area contributed by atoms with E-state index in [0.29, 0.717) is 22.6 Å². The zero-order valence-electron chi connectivity index (χ0n) is 14.3. The molecule has 0 fully saturated rings. The number of rotatable bonds is 7. The maximum Gasteiger partial charge on any atom is 0.306 e. The smallest absolute Gasteiger partial charge is 0.306 e. The molecule has 0 bridgehead atoms. The lowest BCUT2D eigenvalue weighted by atomic mass is 10.2. The van der Waals surface area contributed by atoms with E-state index in [1.54, 1.807) is 24.3 Å². The second-order valence-electron chi connectivity index (χ2n) is 5.88. The summed E-state index contributed by atoms with van der Waals surface area (Å²) in [6.07, 6.45) is 0.383. The maximum atomic E-state index is 11.8. The Bertz CT molecular complexity index is 873. The first-order valence-electron chi connectivity index (χ1n) is 8.08. The van der Waals surface area contributed by atoms with Crippen LogP contribution in [-0.2, 0) is 22.6 Å². The molecule has 8 nitrogen and oxygen atoms in total. The summed E-state index contributed by atoms with van der Waals surface area (Å²) in [5.41, 5.74) is 0.782. The summed E-state index contributed by atoms with van der Waals surface area (Å²) < 4.78 is 15.3. The van der Waals surface area contributed by atoms with E-state index in [1.807, 2.05) is 13.8 Å². The van der Waals surface area contributed by atoms with Crippen LogP contribution in [0.1, 0.15) is 43.8 Å². The summed E-state index contributed by atoms with van der Waals surface area (Å²) in [5.74, 6) is 1.38. The summed E-state index contributed by atoms with van der Waals surface area (Å²) in [5, 5.41) is 8.32. The van der Waals surface area contributed by atoms with E-state index in [4.69, 9.17) is 25.4 Å². The second kappa shape index (κ2) is 8.09. The van der Waals surface area contributed by atoms with Crippen LogP contribution >= 0.6 is 11.6 Å². The van der Waals surface area contributed by atoms with Crippen LogP contribution in [0, 0.1) is 0 Å². The number of ether oxygens (including phenoxy) is 1. The molecule has 0 aliphatic rings. The Hall–Kier alpha value is -2.74. The van der Waals surface area contributed by atoms with E-state index in [0.717, 1.165) is 5.56 Å². The molecular formula is C17H17ClN4O4. The molecule has 0 unspecified atom stereocenters. The van der Waals surface area contributed by atoms with E-state index < -0.39 is 5.97 Å². The molecule has 136 valence electrons. The van der Waals surface area contributed by atoms with Gasteiger partial charge in [-0.25, -0.2) is 0 Å². The topological polar surface area (TPSA) is 104 Å². The van der Waals surface area contributed by atoms with Crippen LogP contribution in [0.4, 0.5) is 0 Å². The van der Waals surface area contributed by atoms with Crippen molar-refractivity contribution < 1.29 is 18.6 Å². The average Bonchev–Trinajstić information content (AvgIpc) is 3.28. The van der Waals surface area contributed by atoms with Gasteiger partial charge in [-0.1, -0.05) is 35.8 Å². The molecule has 0 amide bonds. The molecule has 9 heteroatoms. The van der Waals surface area contributed by atoms with Gasteiger partial charge in [0.15, 0.2) is 12.4 Å². The summed E-state index contributed by atoms with van der Waals surface area (Å²) >= 11 is 5.85. The Balaban J connectivity index is 1.47. The average molecular weight is 377 g/mol. The van der Waals surface area contributed by atoms with Gasteiger partial charge >= 0.3 is 5.97 Å². The van der Waals surface area contributed by atoms with Crippen LogP contribution in [0.3, 0.4) is 0 Å². The summed E-state index contributed by atoms with van der Waals surface area (Å²) in [7, 11) is 0. The molecule has 0 saturated heterocycles. The minimum atomic E-state index is -0.416. The van der Waals surface area contributed by atoms with Crippen molar-refractivity contribution in [1.29, 1.82) is 0 Å². The van der Waals surface area contributed by atoms with Crippen molar-refractivity contribution in [2.75, 3.05) is 0 Å². The molecule has 0 saturated carbocycles. The minimum absolute atomic E-state index is 0.0571. The third kappa shape index (κ3) is 4.66. The number of nitrogens with zero attached hydrogens (tertiary/aromatic N) is 4. The first-order chi connectivity index (χ1) is 12.5. The van der Waals surface area contributed by atoms with Gasteiger partial charge in [0, 0.05) is 22.9 Å². The fourth-order valence-electron chi connectivity index (χ4n) is 2.06. The van der Waals surface area contributed by atoms with Crippen LogP contribution in [-0.4, -0.2) is 26.3 Å². The second-order valence-corrected chi connectivity index (χ2v) is 6.32. The SMILES string of the molecule is CC(C)c1noc(COC(=O)CCc2nc(-c3ccc(Cl)cc3)no2)n1. The number of halogens is 1. The van der Waals surface area contributed by atoms with Crippen molar-refractivity contribution in [2.24, 2.45) is 0 Å². The fourth-order valence-corrected chi connectivity index (χ4v) is 2.18. The predicted molar refractivity (Wildman–Crippen MR) is 91.2 cm³/mol. The Labute approximate surface area is 154 Å². The van der Waals surface area contributed by atoms with Crippen LogP contribution < -0.4 is 0 Å². The van der Waals surface area contributed by atoms with Crippen LogP contribution in [0.15, 0.2) is 33.3 Å². The van der Waals surface area contributed by atoms with E-state index in [9.17, 15) is 4.79 Å². The van der Waals surface area contributed by atoms with Gasteiger partial charge in [0.05, 0.1) is 6.42 Å². The molecule has 0 spiro atoms. The zero-order chi connectivity index (χ0) is 18.5. The number of aryl methyl sites for hydroxylation is 1. The Morgan fingerprint density at radius 1 is 1.12 bits per heavy atom. The number of carbonyl (C=O) groups is 1. The maximum absolute atomic E-state index is 11.8. The lowest BCUT2D eigenvalue weighted by Crippen LogP contribution is -2.06. The molecular weight excluding hydrogens is 360 g/mol. The normalized spacial score (nSPS) is 11.1. The largest absolute Gasteiger partial charge is 0.456 e. The Morgan fingerprint density at radius 2 is 1.85 bits per heavy atom.